The number of amides is 1. The van der Waals surface area contributed by atoms with Crippen molar-refractivity contribution in [3.63, 3.8) is 0 Å². The lowest BCUT2D eigenvalue weighted by atomic mass is 10.2. The summed E-state index contributed by atoms with van der Waals surface area (Å²) in [6, 6.07) is 13.4. The molecule has 1 N–H and O–H groups in total. The van der Waals surface area contributed by atoms with E-state index in [-0.39, 0.29) is 18.3 Å². The van der Waals surface area contributed by atoms with Crippen LogP contribution in [0.15, 0.2) is 53.7 Å². The zero-order valence-electron chi connectivity index (χ0n) is 12.3. The summed E-state index contributed by atoms with van der Waals surface area (Å²) >= 11 is 2.16. The van der Waals surface area contributed by atoms with E-state index in [0.717, 1.165) is 3.57 Å². The molecule has 126 valence electrons. The second kappa shape index (κ2) is 9.16. The van der Waals surface area contributed by atoms with E-state index >= 15 is 0 Å². The summed E-state index contributed by atoms with van der Waals surface area (Å²) in [6.45, 7) is -3.24. The summed E-state index contributed by atoms with van der Waals surface area (Å²) in [5.74, 6) is -0.409. The molecule has 2 rings (SSSR count). The maximum Gasteiger partial charge on any atom is 0.387 e. The number of ether oxygens (including phenoxy) is 1. The molecule has 8 heteroatoms. The van der Waals surface area contributed by atoms with Gasteiger partial charge in [-0.2, -0.15) is 8.78 Å². The van der Waals surface area contributed by atoms with Crippen LogP contribution in [0.4, 0.5) is 14.5 Å². The molecule has 0 unspecified atom stereocenters. The van der Waals surface area contributed by atoms with Gasteiger partial charge in [0.25, 0.3) is 5.91 Å². The normalized spacial score (nSPS) is 10.8. The molecule has 0 bridgehead atoms. The maximum absolute atomic E-state index is 12.3. The van der Waals surface area contributed by atoms with E-state index in [1.807, 2.05) is 12.1 Å². The van der Waals surface area contributed by atoms with Crippen LogP contribution in [0.25, 0.3) is 0 Å². The van der Waals surface area contributed by atoms with Gasteiger partial charge in [-0.05, 0) is 59.0 Å². The number of hydrogen-bond donors (Lipinski definition) is 1. The minimum atomic E-state index is -2.93. The fourth-order valence-electron chi connectivity index (χ4n) is 1.71. The summed E-state index contributed by atoms with van der Waals surface area (Å²) in [4.78, 5) is 16.6. The number of nitrogens with zero attached hydrogens (tertiary/aromatic N) is 1. The van der Waals surface area contributed by atoms with Gasteiger partial charge in [0, 0.05) is 14.8 Å². The first-order chi connectivity index (χ1) is 11.5. The van der Waals surface area contributed by atoms with Gasteiger partial charge in [-0.1, -0.05) is 17.3 Å². The predicted octanol–water partition coefficient (Wildman–Crippen LogP) is 3.88. The molecule has 0 aliphatic rings. The highest BCUT2D eigenvalue weighted by Crippen LogP contribution is 2.18. The van der Waals surface area contributed by atoms with Gasteiger partial charge in [-0.25, -0.2) is 0 Å². The van der Waals surface area contributed by atoms with E-state index in [4.69, 9.17) is 4.84 Å². The molecule has 2 aromatic carbocycles. The lowest BCUT2D eigenvalue weighted by Crippen LogP contribution is -2.16. The van der Waals surface area contributed by atoms with E-state index in [0.29, 0.717) is 11.3 Å². The molecule has 0 aromatic heterocycles. The quantitative estimate of drug-likeness (QED) is 0.399. The first-order valence-corrected chi connectivity index (χ1v) is 7.87. The number of para-hydroxylation sites is 1. The Bertz CT molecular complexity index is 709. The highest BCUT2D eigenvalue weighted by atomic mass is 127. The number of halogens is 3. The molecule has 0 saturated heterocycles. The lowest BCUT2D eigenvalue weighted by molar-refractivity contribution is -0.120. The summed E-state index contributed by atoms with van der Waals surface area (Å²) in [5.41, 5.74) is 0.958. The third-order valence-electron chi connectivity index (χ3n) is 2.73. The van der Waals surface area contributed by atoms with Crippen LogP contribution >= 0.6 is 22.6 Å². The first kappa shape index (κ1) is 18.1. The van der Waals surface area contributed by atoms with E-state index in [1.165, 1.54) is 18.3 Å². The number of carbonyl (C=O) groups is 1. The number of oxime groups is 1. The van der Waals surface area contributed by atoms with E-state index in [2.05, 4.69) is 37.8 Å². The molecule has 2 aromatic rings. The van der Waals surface area contributed by atoms with E-state index in [1.54, 1.807) is 24.3 Å². The fourth-order valence-corrected chi connectivity index (χ4v) is 2.07. The van der Waals surface area contributed by atoms with Crippen LogP contribution in [-0.4, -0.2) is 25.3 Å². The average molecular weight is 446 g/mol. The van der Waals surface area contributed by atoms with Crippen molar-refractivity contribution in [3.8, 4) is 5.75 Å². The first-order valence-electron chi connectivity index (χ1n) is 6.79. The number of hydrogen-bond acceptors (Lipinski definition) is 4. The van der Waals surface area contributed by atoms with E-state index < -0.39 is 6.61 Å². The number of benzene rings is 2. The Balaban J connectivity index is 1.84. The highest BCUT2D eigenvalue weighted by molar-refractivity contribution is 14.1. The van der Waals surface area contributed by atoms with Crippen molar-refractivity contribution in [2.24, 2.45) is 5.16 Å². The van der Waals surface area contributed by atoms with Crippen LogP contribution in [0.5, 0.6) is 5.75 Å². The number of alkyl halides is 2. The molecular formula is C16H13F2IN2O3. The SMILES string of the molecule is O=C(CO/N=C/c1ccccc1OC(F)F)Nc1ccc(I)cc1. The Labute approximate surface area is 150 Å². The molecular weight excluding hydrogens is 433 g/mol. The van der Waals surface area contributed by atoms with Crippen LogP contribution in [0, 0.1) is 3.57 Å². The molecule has 0 radical (unpaired) electrons. The Kier molecular flexibility index (Phi) is 6.91. The Morgan fingerprint density at radius 1 is 1.21 bits per heavy atom. The number of anilines is 1. The van der Waals surface area contributed by atoms with Gasteiger partial charge >= 0.3 is 6.61 Å². The van der Waals surface area contributed by atoms with Gasteiger partial charge in [0.05, 0.1) is 6.21 Å². The van der Waals surface area contributed by atoms with Crippen molar-refractivity contribution in [1.82, 2.24) is 0 Å². The van der Waals surface area contributed by atoms with Crippen molar-refractivity contribution in [2.75, 3.05) is 11.9 Å². The van der Waals surface area contributed by atoms with Crippen molar-refractivity contribution < 1.29 is 23.1 Å². The molecule has 0 saturated carbocycles. The van der Waals surface area contributed by atoms with Gasteiger partial charge in [-0.15, -0.1) is 0 Å². The summed E-state index contributed by atoms with van der Waals surface area (Å²) < 4.78 is 30.0. The topological polar surface area (TPSA) is 59.9 Å². The maximum atomic E-state index is 12.3. The minimum absolute atomic E-state index is 0.0248. The second-order valence-electron chi connectivity index (χ2n) is 4.48. The standard InChI is InChI=1S/C16H13F2IN2O3/c17-16(18)24-14-4-2-1-3-11(14)9-20-23-10-15(22)21-13-7-5-12(19)6-8-13/h1-9,16H,10H2,(H,21,22)/b20-9+. The van der Waals surface area contributed by atoms with E-state index in [9.17, 15) is 13.6 Å². The fraction of sp³-hybridized carbons (Fsp3) is 0.125. The monoisotopic (exact) mass is 446 g/mol. The van der Waals surface area contributed by atoms with Gasteiger partial charge in [0.15, 0.2) is 6.61 Å². The molecule has 24 heavy (non-hydrogen) atoms. The van der Waals surface area contributed by atoms with Crippen LogP contribution in [-0.2, 0) is 9.63 Å². The minimum Gasteiger partial charge on any atom is -0.434 e. The summed E-state index contributed by atoms with van der Waals surface area (Å²) in [5, 5.41) is 6.23. The molecule has 0 fully saturated rings. The molecule has 5 nitrogen and oxygen atoms in total. The smallest absolute Gasteiger partial charge is 0.387 e. The predicted molar refractivity (Wildman–Crippen MR) is 94.4 cm³/mol. The molecule has 0 aliphatic heterocycles. The Morgan fingerprint density at radius 2 is 1.92 bits per heavy atom. The van der Waals surface area contributed by atoms with Crippen LogP contribution in [0.3, 0.4) is 0 Å². The molecule has 0 atom stereocenters. The van der Waals surface area contributed by atoms with Crippen LogP contribution in [0.1, 0.15) is 5.56 Å². The molecule has 0 aliphatic carbocycles. The number of carbonyl (C=O) groups excluding carboxylic acids is 1. The largest absolute Gasteiger partial charge is 0.434 e. The van der Waals surface area contributed by atoms with Crippen molar-refractivity contribution >= 4 is 40.4 Å². The highest BCUT2D eigenvalue weighted by Gasteiger charge is 2.07. The van der Waals surface area contributed by atoms with Gasteiger partial charge in [-0.3, -0.25) is 4.79 Å². The lowest BCUT2D eigenvalue weighted by Gasteiger charge is -2.07. The van der Waals surface area contributed by atoms with Crippen molar-refractivity contribution in [1.29, 1.82) is 0 Å². The second-order valence-corrected chi connectivity index (χ2v) is 5.72. The Hall–Kier alpha value is -2.23. The third kappa shape index (κ3) is 6.11. The van der Waals surface area contributed by atoms with Gasteiger partial charge in [0.1, 0.15) is 5.75 Å². The third-order valence-corrected chi connectivity index (χ3v) is 3.44. The number of nitrogens with one attached hydrogen (secondary N) is 1. The zero-order chi connectivity index (χ0) is 17.4. The molecule has 0 heterocycles. The number of rotatable bonds is 7. The molecule has 0 spiro atoms. The summed E-state index contributed by atoms with van der Waals surface area (Å²) in [7, 11) is 0. The molecule has 1 amide bonds. The summed E-state index contributed by atoms with van der Waals surface area (Å²) in [6.07, 6.45) is 1.20. The average Bonchev–Trinajstić information content (AvgIpc) is 2.55. The van der Waals surface area contributed by atoms with Crippen LogP contribution in [0.2, 0.25) is 0 Å². The van der Waals surface area contributed by atoms with Gasteiger partial charge in [0.2, 0.25) is 0 Å². The Morgan fingerprint density at radius 3 is 2.62 bits per heavy atom. The van der Waals surface area contributed by atoms with Crippen LogP contribution < -0.4 is 10.1 Å². The zero-order valence-corrected chi connectivity index (χ0v) is 14.4. The van der Waals surface area contributed by atoms with Crippen molar-refractivity contribution in [3.05, 3.63) is 57.7 Å². The van der Waals surface area contributed by atoms with Gasteiger partial charge < -0.3 is 14.9 Å². The van der Waals surface area contributed by atoms with Crippen molar-refractivity contribution in [2.45, 2.75) is 6.61 Å².